The minimum Gasteiger partial charge on any atom is -0.353 e. The van der Waals surface area contributed by atoms with Crippen LogP contribution in [0, 0.1) is 5.82 Å². The van der Waals surface area contributed by atoms with E-state index in [2.05, 4.69) is 20.4 Å². The summed E-state index contributed by atoms with van der Waals surface area (Å²) >= 11 is 8.79. The molecule has 0 bridgehead atoms. The van der Waals surface area contributed by atoms with E-state index >= 15 is 0 Å². The highest BCUT2D eigenvalue weighted by Crippen LogP contribution is 2.29. The predicted molar refractivity (Wildman–Crippen MR) is 113 cm³/mol. The van der Waals surface area contributed by atoms with Gasteiger partial charge in [-0.3, -0.25) is 9.59 Å². The standard InChI is InChI=1S/C18H21ClFN5O2S2/c1-11(2)21-15(26)10-28-18-23-22-17(29-18)25-7-5-24(6-8-25)16(27)13-4-3-12(20)9-14(13)19/h3-4,9,11H,5-8,10H2,1-2H3,(H,21,26). The lowest BCUT2D eigenvalue weighted by atomic mass is 10.1. The number of hydrogen-bond donors (Lipinski definition) is 1. The first-order chi connectivity index (χ1) is 13.8. The number of piperazine rings is 1. The molecule has 1 aliphatic rings. The number of amides is 2. The molecule has 0 unspecified atom stereocenters. The molecule has 156 valence electrons. The van der Waals surface area contributed by atoms with E-state index in [0.29, 0.717) is 37.5 Å². The smallest absolute Gasteiger partial charge is 0.255 e. The van der Waals surface area contributed by atoms with E-state index < -0.39 is 5.82 Å². The van der Waals surface area contributed by atoms with Gasteiger partial charge in [0.15, 0.2) is 4.34 Å². The SMILES string of the molecule is CC(C)NC(=O)CSc1nnc(N2CCN(C(=O)c3ccc(F)cc3Cl)CC2)s1. The van der Waals surface area contributed by atoms with Crippen LogP contribution >= 0.6 is 34.7 Å². The van der Waals surface area contributed by atoms with Crippen LogP contribution in [0.3, 0.4) is 0 Å². The summed E-state index contributed by atoms with van der Waals surface area (Å²) < 4.78 is 13.9. The van der Waals surface area contributed by atoms with Crippen molar-refractivity contribution in [3.05, 3.63) is 34.6 Å². The lowest BCUT2D eigenvalue weighted by Crippen LogP contribution is -2.48. The molecule has 0 saturated carbocycles. The number of thioether (sulfide) groups is 1. The van der Waals surface area contributed by atoms with Crippen LogP contribution in [0.1, 0.15) is 24.2 Å². The van der Waals surface area contributed by atoms with Crippen molar-refractivity contribution in [1.29, 1.82) is 0 Å². The summed E-state index contributed by atoms with van der Waals surface area (Å²) in [6.45, 7) is 6.06. The highest BCUT2D eigenvalue weighted by Gasteiger charge is 2.25. The Morgan fingerprint density at radius 2 is 2.00 bits per heavy atom. The molecule has 7 nitrogen and oxygen atoms in total. The molecule has 1 aliphatic heterocycles. The number of nitrogens with one attached hydrogen (secondary N) is 1. The Bertz CT molecular complexity index is 887. The van der Waals surface area contributed by atoms with E-state index in [1.165, 1.54) is 35.2 Å². The summed E-state index contributed by atoms with van der Waals surface area (Å²) in [4.78, 5) is 28.1. The van der Waals surface area contributed by atoms with Gasteiger partial charge in [-0.2, -0.15) is 0 Å². The number of nitrogens with zero attached hydrogens (tertiary/aromatic N) is 4. The van der Waals surface area contributed by atoms with Crippen molar-refractivity contribution in [1.82, 2.24) is 20.4 Å². The molecule has 2 amide bonds. The van der Waals surface area contributed by atoms with Gasteiger partial charge < -0.3 is 15.1 Å². The van der Waals surface area contributed by atoms with E-state index in [9.17, 15) is 14.0 Å². The molecule has 1 saturated heterocycles. The molecule has 2 aromatic rings. The van der Waals surface area contributed by atoms with Crippen molar-refractivity contribution in [2.24, 2.45) is 0 Å². The number of rotatable bonds is 6. The summed E-state index contributed by atoms with van der Waals surface area (Å²) in [6, 6.07) is 3.90. The zero-order valence-electron chi connectivity index (χ0n) is 16.0. The van der Waals surface area contributed by atoms with Crippen molar-refractivity contribution in [3.63, 3.8) is 0 Å². The Morgan fingerprint density at radius 3 is 2.66 bits per heavy atom. The van der Waals surface area contributed by atoms with Gasteiger partial charge in [-0.05, 0) is 32.0 Å². The van der Waals surface area contributed by atoms with Crippen molar-refractivity contribution >= 4 is 51.6 Å². The molecule has 2 heterocycles. The Labute approximate surface area is 181 Å². The van der Waals surface area contributed by atoms with Gasteiger partial charge in [0.2, 0.25) is 11.0 Å². The van der Waals surface area contributed by atoms with Crippen LogP contribution in [0.5, 0.6) is 0 Å². The minimum atomic E-state index is -0.469. The van der Waals surface area contributed by atoms with Crippen LogP contribution in [0.2, 0.25) is 5.02 Å². The summed E-state index contributed by atoms with van der Waals surface area (Å²) in [5.41, 5.74) is 0.302. The Balaban J connectivity index is 1.52. The lowest BCUT2D eigenvalue weighted by Gasteiger charge is -2.34. The first-order valence-electron chi connectivity index (χ1n) is 9.08. The second-order valence-electron chi connectivity index (χ2n) is 6.76. The average molecular weight is 458 g/mol. The molecule has 11 heteroatoms. The third-order valence-electron chi connectivity index (χ3n) is 4.17. The largest absolute Gasteiger partial charge is 0.353 e. The molecular weight excluding hydrogens is 437 g/mol. The molecule has 1 aromatic heterocycles. The highest BCUT2D eigenvalue weighted by atomic mass is 35.5. The van der Waals surface area contributed by atoms with Gasteiger partial charge in [-0.25, -0.2) is 4.39 Å². The van der Waals surface area contributed by atoms with E-state index in [4.69, 9.17) is 11.6 Å². The summed E-state index contributed by atoms with van der Waals surface area (Å²) in [5, 5.41) is 12.1. The van der Waals surface area contributed by atoms with E-state index in [-0.39, 0.29) is 22.9 Å². The van der Waals surface area contributed by atoms with Crippen molar-refractivity contribution < 1.29 is 14.0 Å². The minimum absolute atomic E-state index is 0.0340. The third kappa shape index (κ3) is 5.80. The van der Waals surface area contributed by atoms with E-state index in [1.54, 1.807) is 4.90 Å². The Morgan fingerprint density at radius 1 is 1.28 bits per heavy atom. The fourth-order valence-electron chi connectivity index (χ4n) is 2.81. The molecule has 3 rings (SSSR count). The maximum atomic E-state index is 13.2. The summed E-state index contributed by atoms with van der Waals surface area (Å²) in [5.74, 6) is -0.413. The highest BCUT2D eigenvalue weighted by molar-refractivity contribution is 8.01. The summed E-state index contributed by atoms with van der Waals surface area (Å²) in [7, 11) is 0. The zero-order valence-corrected chi connectivity index (χ0v) is 18.4. The van der Waals surface area contributed by atoms with Gasteiger partial charge in [-0.1, -0.05) is 34.7 Å². The number of anilines is 1. The van der Waals surface area contributed by atoms with Crippen LogP contribution in [0.25, 0.3) is 0 Å². The Kier molecular flexibility index (Phi) is 7.31. The van der Waals surface area contributed by atoms with E-state index in [0.717, 1.165) is 15.5 Å². The molecule has 1 aromatic carbocycles. The zero-order chi connectivity index (χ0) is 21.0. The van der Waals surface area contributed by atoms with Gasteiger partial charge in [-0.15, -0.1) is 10.2 Å². The quantitative estimate of drug-likeness (QED) is 0.672. The molecule has 0 spiro atoms. The van der Waals surface area contributed by atoms with E-state index in [1.807, 2.05) is 13.8 Å². The van der Waals surface area contributed by atoms with Crippen LogP contribution in [0.4, 0.5) is 9.52 Å². The number of hydrogen-bond acceptors (Lipinski definition) is 7. The summed E-state index contributed by atoms with van der Waals surface area (Å²) in [6.07, 6.45) is 0. The van der Waals surface area contributed by atoms with Crippen LogP contribution in [-0.4, -0.2) is 64.9 Å². The fourth-order valence-corrected chi connectivity index (χ4v) is 4.77. The number of carbonyl (C=O) groups is 2. The van der Waals surface area contributed by atoms with Crippen molar-refractivity contribution in [2.75, 3.05) is 36.8 Å². The Hall–Kier alpha value is -1.91. The van der Waals surface area contributed by atoms with Crippen LogP contribution in [0.15, 0.2) is 22.5 Å². The number of halogens is 2. The van der Waals surface area contributed by atoms with Gasteiger partial charge in [0, 0.05) is 32.2 Å². The predicted octanol–water partition coefficient (Wildman–Crippen LogP) is 2.91. The monoisotopic (exact) mass is 457 g/mol. The first-order valence-corrected chi connectivity index (χ1v) is 11.3. The van der Waals surface area contributed by atoms with Crippen LogP contribution in [-0.2, 0) is 4.79 Å². The topological polar surface area (TPSA) is 78.4 Å². The van der Waals surface area contributed by atoms with Crippen molar-refractivity contribution in [3.8, 4) is 0 Å². The van der Waals surface area contributed by atoms with Gasteiger partial charge in [0.1, 0.15) is 5.82 Å². The molecular formula is C18H21ClFN5O2S2. The molecule has 0 aliphatic carbocycles. The van der Waals surface area contributed by atoms with Crippen molar-refractivity contribution in [2.45, 2.75) is 24.2 Å². The fraction of sp³-hybridized carbons (Fsp3) is 0.444. The average Bonchev–Trinajstić information content (AvgIpc) is 3.15. The molecule has 0 radical (unpaired) electrons. The molecule has 1 N–H and O–H groups in total. The number of carbonyl (C=O) groups excluding carboxylic acids is 2. The normalized spacial score (nSPS) is 14.4. The molecule has 1 fully saturated rings. The number of benzene rings is 1. The van der Waals surface area contributed by atoms with Gasteiger partial charge >= 0.3 is 0 Å². The molecule has 29 heavy (non-hydrogen) atoms. The lowest BCUT2D eigenvalue weighted by molar-refractivity contribution is -0.119. The van der Waals surface area contributed by atoms with Gasteiger partial charge in [0.25, 0.3) is 5.91 Å². The second-order valence-corrected chi connectivity index (χ2v) is 9.35. The van der Waals surface area contributed by atoms with Crippen LogP contribution < -0.4 is 10.2 Å². The first kappa shape index (κ1) is 21.8. The number of aromatic nitrogens is 2. The maximum Gasteiger partial charge on any atom is 0.255 e. The second kappa shape index (κ2) is 9.73. The maximum absolute atomic E-state index is 13.2. The third-order valence-corrected chi connectivity index (χ3v) is 6.60. The van der Waals surface area contributed by atoms with Gasteiger partial charge in [0.05, 0.1) is 16.3 Å². The molecule has 0 atom stereocenters.